The molecule has 1 atom stereocenters. The summed E-state index contributed by atoms with van der Waals surface area (Å²) in [5.74, 6) is 0.0288. The van der Waals surface area contributed by atoms with Crippen LogP contribution in [-0.4, -0.2) is 61.7 Å². The normalized spacial score (nSPS) is 14.2. The van der Waals surface area contributed by atoms with Gasteiger partial charge in [-0.1, -0.05) is 78.9 Å². The van der Waals surface area contributed by atoms with Crippen molar-refractivity contribution in [3.63, 3.8) is 0 Å². The number of rotatable bonds is 11. The molecule has 1 N–H and O–H groups in total. The number of benzene rings is 3. The molecular formula is C41H45N3O7. The number of hydrogen-bond donors (Lipinski definition) is 1. The number of carbonyl (C=O) groups excluding carboxylic acids is 3. The maximum absolute atomic E-state index is 12.9. The lowest BCUT2D eigenvalue weighted by atomic mass is 9.98. The first-order valence-electron chi connectivity index (χ1n) is 17.4. The summed E-state index contributed by atoms with van der Waals surface area (Å²) < 4.78 is 22.2. The summed E-state index contributed by atoms with van der Waals surface area (Å²) in [7, 11) is 1.30. The highest BCUT2D eigenvalue weighted by Gasteiger charge is 2.31. The number of hydrogen-bond acceptors (Lipinski definition) is 8. The number of aromatic nitrogens is 1. The summed E-state index contributed by atoms with van der Waals surface area (Å²) in [4.78, 5) is 44.8. The van der Waals surface area contributed by atoms with Gasteiger partial charge in [0.05, 0.1) is 20.3 Å². The Morgan fingerprint density at radius 2 is 1.57 bits per heavy atom. The fraction of sp³-hybridized carbons (Fsp3) is 0.366. The standard InChI is InChI=1S/C41H45N3O7/c1-41(2,3)51-40(47)44-22-9-10-29-19-20-30(42-37(29)44)21-23-49-25-28-17-15-27(16-18-28)24-36(38(45)48-4)43-39(46)50-26-35-33-13-7-5-11-31(33)32-12-6-8-14-34(32)35/h5-8,11-20,35-36H,9-10,21-26H2,1-4H3,(H,43,46)/t36-/m0/s1. The van der Waals surface area contributed by atoms with Crippen molar-refractivity contribution < 1.29 is 33.3 Å². The number of nitrogens with zero attached hydrogens (tertiary/aromatic N) is 2. The van der Waals surface area contributed by atoms with E-state index in [2.05, 4.69) is 29.6 Å². The van der Waals surface area contributed by atoms with Crippen molar-refractivity contribution in [2.45, 2.75) is 70.6 Å². The van der Waals surface area contributed by atoms with E-state index in [9.17, 15) is 14.4 Å². The summed E-state index contributed by atoms with van der Waals surface area (Å²) in [6, 6.07) is 27.1. The second-order valence-corrected chi connectivity index (χ2v) is 13.9. The van der Waals surface area contributed by atoms with E-state index in [0.29, 0.717) is 32.0 Å². The van der Waals surface area contributed by atoms with Gasteiger partial charge in [-0.05, 0) is 78.6 Å². The van der Waals surface area contributed by atoms with Crippen LogP contribution >= 0.6 is 0 Å². The van der Waals surface area contributed by atoms with E-state index in [1.807, 2.05) is 81.4 Å². The minimum Gasteiger partial charge on any atom is -0.467 e. The quantitative estimate of drug-likeness (QED) is 0.100. The molecule has 6 rings (SSSR count). The summed E-state index contributed by atoms with van der Waals surface area (Å²) in [6.45, 7) is 7.15. The van der Waals surface area contributed by atoms with Crippen LogP contribution in [0.2, 0.25) is 0 Å². The lowest BCUT2D eigenvalue weighted by Crippen LogP contribution is -2.43. The van der Waals surface area contributed by atoms with Crippen LogP contribution in [0.25, 0.3) is 11.1 Å². The molecule has 0 saturated carbocycles. The molecule has 0 saturated heterocycles. The van der Waals surface area contributed by atoms with Gasteiger partial charge in [0.25, 0.3) is 0 Å². The van der Waals surface area contributed by atoms with Gasteiger partial charge < -0.3 is 24.3 Å². The van der Waals surface area contributed by atoms with Crippen LogP contribution in [0, 0.1) is 0 Å². The predicted molar refractivity (Wildman–Crippen MR) is 194 cm³/mol. The van der Waals surface area contributed by atoms with Crippen LogP contribution in [0.3, 0.4) is 0 Å². The average Bonchev–Trinajstić information content (AvgIpc) is 3.45. The molecule has 2 aliphatic rings. The third-order valence-corrected chi connectivity index (χ3v) is 9.07. The number of carbonyl (C=O) groups is 3. The van der Waals surface area contributed by atoms with Crippen molar-refractivity contribution in [1.82, 2.24) is 10.3 Å². The zero-order valence-electron chi connectivity index (χ0n) is 29.6. The molecule has 51 heavy (non-hydrogen) atoms. The number of alkyl carbamates (subject to hydrolysis) is 1. The molecule has 2 heterocycles. The molecule has 266 valence electrons. The second kappa shape index (κ2) is 15.8. The molecule has 0 bridgehead atoms. The molecule has 0 radical (unpaired) electrons. The highest BCUT2D eigenvalue weighted by molar-refractivity contribution is 5.88. The lowest BCUT2D eigenvalue weighted by Gasteiger charge is -2.31. The highest BCUT2D eigenvalue weighted by atomic mass is 16.6. The molecule has 3 aromatic carbocycles. The second-order valence-electron chi connectivity index (χ2n) is 13.9. The van der Waals surface area contributed by atoms with Crippen molar-refractivity contribution in [2.24, 2.45) is 0 Å². The first kappa shape index (κ1) is 35.6. The molecule has 10 heteroatoms. The topological polar surface area (TPSA) is 116 Å². The number of amides is 2. The fourth-order valence-electron chi connectivity index (χ4n) is 6.60. The number of fused-ring (bicyclic) bond motifs is 4. The van der Waals surface area contributed by atoms with E-state index in [0.717, 1.165) is 57.5 Å². The maximum atomic E-state index is 12.9. The van der Waals surface area contributed by atoms with Gasteiger partial charge in [0.15, 0.2) is 0 Å². The van der Waals surface area contributed by atoms with Gasteiger partial charge in [0, 0.05) is 31.0 Å². The van der Waals surface area contributed by atoms with Crippen LogP contribution < -0.4 is 10.2 Å². The molecular weight excluding hydrogens is 646 g/mol. The maximum Gasteiger partial charge on any atom is 0.416 e. The van der Waals surface area contributed by atoms with Gasteiger partial charge in [-0.15, -0.1) is 0 Å². The third kappa shape index (κ3) is 8.75. The number of aryl methyl sites for hydroxylation is 1. The van der Waals surface area contributed by atoms with Crippen LogP contribution in [0.1, 0.15) is 66.6 Å². The molecule has 0 fully saturated rings. The zero-order valence-corrected chi connectivity index (χ0v) is 29.6. The fourth-order valence-corrected chi connectivity index (χ4v) is 6.60. The smallest absolute Gasteiger partial charge is 0.416 e. The molecule has 0 unspecified atom stereocenters. The summed E-state index contributed by atoms with van der Waals surface area (Å²) in [6.07, 6.45) is 1.52. The largest absolute Gasteiger partial charge is 0.467 e. The minimum atomic E-state index is -0.914. The Kier molecular flexibility index (Phi) is 11.0. The number of methoxy groups -OCH3 is 1. The first-order valence-corrected chi connectivity index (χ1v) is 17.4. The van der Waals surface area contributed by atoms with Crippen molar-refractivity contribution in [2.75, 3.05) is 31.8 Å². The van der Waals surface area contributed by atoms with Crippen molar-refractivity contribution in [3.05, 3.63) is 118 Å². The average molecular weight is 692 g/mol. The number of anilines is 1. The lowest BCUT2D eigenvalue weighted by molar-refractivity contribution is -0.143. The van der Waals surface area contributed by atoms with E-state index in [-0.39, 0.29) is 25.0 Å². The number of ether oxygens (including phenoxy) is 4. The Bertz CT molecular complexity index is 1820. The summed E-state index contributed by atoms with van der Waals surface area (Å²) in [5.41, 5.74) is 7.63. The van der Waals surface area contributed by atoms with E-state index < -0.39 is 23.7 Å². The van der Waals surface area contributed by atoms with Crippen LogP contribution in [0.15, 0.2) is 84.9 Å². The van der Waals surface area contributed by atoms with Crippen molar-refractivity contribution in [1.29, 1.82) is 0 Å². The van der Waals surface area contributed by atoms with Gasteiger partial charge in [0.1, 0.15) is 24.1 Å². The molecule has 1 aliphatic carbocycles. The van der Waals surface area contributed by atoms with Crippen LogP contribution in [0.4, 0.5) is 15.4 Å². The van der Waals surface area contributed by atoms with E-state index in [1.165, 1.54) is 7.11 Å². The van der Waals surface area contributed by atoms with Gasteiger partial charge >= 0.3 is 18.2 Å². The number of nitrogens with one attached hydrogen (secondary N) is 1. The molecule has 1 aliphatic heterocycles. The Labute approximate surface area is 299 Å². The van der Waals surface area contributed by atoms with Gasteiger partial charge in [-0.3, -0.25) is 4.90 Å². The van der Waals surface area contributed by atoms with Gasteiger partial charge in [-0.25, -0.2) is 19.4 Å². The Morgan fingerprint density at radius 3 is 2.24 bits per heavy atom. The monoisotopic (exact) mass is 691 g/mol. The molecule has 2 amide bonds. The van der Waals surface area contributed by atoms with E-state index in [4.69, 9.17) is 23.9 Å². The Hall–Kier alpha value is -5.22. The minimum absolute atomic E-state index is 0.0849. The Balaban J connectivity index is 0.985. The predicted octanol–water partition coefficient (Wildman–Crippen LogP) is 7.15. The third-order valence-electron chi connectivity index (χ3n) is 9.07. The van der Waals surface area contributed by atoms with Gasteiger partial charge in [-0.2, -0.15) is 0 Å². The Morgan fingerprint density at radius 1 is 0.902 bits per heavy atom. The van der Waals surface area contributed by atoms with Crippen LogP contribution in [-0.2, 0) is 49.6 Å². The summed E-state index contributed by atoms with van der Waals surface area (Å²) in [5, 5.41) is 2.70. The SMILES string of the molecule is COC(=O)[C@H](Cc1ccc(COCCc2ccc3c(n2)N(C(=O)OC(C)(C)C)CCC3)cc1)NC(=O)OCC1c2ccccc2-c2ccccc21. The van der Waals surface area contributed by atoms with Crippen molar-refractivity contribution >= 4 is 24.0 Å². The van der Waals surface area contributed by atoms with Gasteiger partial charge in [0.2, 0.25) is 0 Å². The van der Waals surface area contributed by atoms with E-state index in [1.54, 1.807) is 4.90 Å². The molecule has 10 nitrogen and oxygen atoms in total. The van der Waals surface area contributed by atoms with Crippen LogP contribution in [0.5, 0.6) is 0 Å². The number of esters is 1. The molecule has 0 spiro atoms. The first-order chi connectivity index (χ1) is 24.6. The van der Waals surface area contributed by atoms with E-state index >= 15 is 0 Å². The highest BCUT2D eigenvalue weighted by Crippen LogP contribution is 2.44. The number of pyridine rings is 1. The molecule has 1 aromatic heterocycles. The summed E-state index contributed by atoms with van der Waals surface area (Å²) >= 11 is 0. The zero-order chi connectivity index (χ0) is 36.0. The van der Waals surface area contributed by atoms with Crippen molar-refractivity contribution in [3.8, 4) is 11.1 Å². The molecule has 4 aromatic rings.